The van der Waals surface area contributed by atoms with Gasteiger partial charge in [-0.3, -0.25) is 4.79 Å². The van der Waals surface area contributed by atoms with Gasteiger partial charge in [0.25, 0.3) is 0 Å². The number of nitrogens with two attached hydrogens (primary N) is 1. The third kappa shape index (κ3) is 3.58. The van der Waals surface area contributed by atoms with Gasteiger partial charge in [-0.05, 0) is 5.56 Å². The van der Waals surface area contributed by atoms with Gasteiger partial charge >= 0.3 is 5.97 Å². The van der Waals surface area contributed by atoms with Gasteiger partial charge in [0, 0.05) is 6.04 Å². The van der Waals surface area contributed by atoms with Crippen molar-refractivity contribution < 1.29 is 9.53 Å². The van der Waals surface area contributed by atoms with Gasteiger partial charge in [0.05, 0.1) is 13.5 Å². The molecule has 1 unspecified atom stereocenters. The van der Waals surface area contributed by atoms with Crippen molar-refractivity contribution in [2.24, 2.45) is 5.73 Å². The SMILES string of the molecule is C.COC(=O)CC(N)c1ccccc1. The van der Waals surface area contributed by atoms with Crippen LogP contribution in [-0.4, -0.2) is 13.1 Å². The number of esters is 1. The normalized spacial score (nSPS) is 11.3. The highest BCUT2D eigenvalue weighted by Crippen LogP contribution is 2.13. The minimum Gasteiger partial charge on any atom is -0.469 e. The smallest absolute Gasteiger partial charge is 0.307 e. The average molecular weight is 195 g/mol. The first-order valence-electron chi connectivity index (χ1n) is 4.11. The summed E-state index contributed by atoms with van der Waals surface area (Å²) < 4.78 is 4.52. The van der Waals surface area contributed by atoms with Crippen molar-refractivity contribution in [3.63, 3.8) is 0 Å². The van der Waals surface area contributed by atoms with Gasteiger partial charge in [-0.1, -0.05) is 37.8 Å². The van der Waals surface area contributed by atoms with E-state index in [9.17, 15) is 4.79 Å². The number of benzene rings is 1. The van der Waals surface area contributed by atoms with E-state index in [-0.39, 0.29) is 25.9 Å². The molecule has 1 aromatic carbocycles. The van der Waals surface area contributed by atoms with Crippen LogP contribution < -0.4 is 5.73 Å². The number of hydrogen-bond donors (Lipinski definition) is 1. The summed E-state index contributed by atoms with van der Waals surface area (Å²) in [7, 11) is 1.36. The Hall–Kier alpha value is -1.35. The fourth-order valence-electron chi connectivity index (χ4n) is 1.08. The number of methoxy groups -OCH3 is 1. The van der Waals surface area contributed by atoms with Crippen molar-refractivity contribution in [2.45, 2.75) is 19.9 Å². The average Bonchev–Trinajstić information content (AvgIpc) is 2.19. The number of hydrogen-bond acceptors (Lipinski definition) is 3. The monoisotopic (exact) mass is 195 g/mol. The molecule has 0 aliphatic carbocycles. The van der Waals surface area contributed by atoms with Gasteiger partial charge in [-0.2, -0.15) is 0 Å². The molecule has 14 heavy (non-hydrogen) atoms. The summed E-state index contributed by atoms with van der Waals surface area (Å²) in [6, 6.07) is 9.22. The van der Waals surface area contributed by atoms with Gasteiger partial charge in [-0.25, -0.2) is 0 Å². The number of rotatable bonds is 3. The highest BCUT2D eigenvalue weighted by atomic mass is 16.5. The Morgan fingerprint density at radius 1 is 1.43 bits per heavy atom. The van der Waals surface area contributed by atoms with Crippen LogP contribution in [0.4, 0.5) is 0 Å². The van der Waals surface area contributed by atoms with E-state index in [1.807, 2.05) is 30.3 Å². The zero-order valence-electron chi connectivity index (χ0n) is 7.57. The van der Waals surface area contributed by atoms with Crippen molar-refractivity contribution in [1.82, 2.24) is 0 Å². The summed E-state index contributed by atoms with van der Waals surface area (Å²) >= 11 is 0. The Morgan fingerprint density at radius 2 is 2.00 bits per heavy atom. The molecule has 0 spiro atoms. The molecule has 0 aliphatic heterocycles. The topological polar surface area (TPSA) is 52.3 Å². The summed E-state index contributed by atoms with van der Waals surface area (Å²) in [5.74, 6) is -0.281. The third-order valence-electron chi connectivity index (χ3n) is 1.84. The van der Waals surface area contributed by atoms with Crippen LogP contribution in [0.3, 0.4) is 0 Å². The van der Waals surface area contributed by atoms with E-state index in [4.69, 9.17) is 5.73 Å². The molecule has 3 nitrogen and oxygen atoms in total. The van der Waals surface area contributed by atoms with Crippen LogP contribution in [-0.2, 0) is 9.53 Å². The van der Waals surface area contributed by atoms with E-state index in [0.717, 1.165) is 5.56 Å². The Labute approximate surface area is 84.9 Å². The molecule has 0 bridgehead atoms. The fourth-order valence-corrected chi connectivity index (χ4v) is 1.08. The second-order valence-corrected chi connectivity index (χ2v) is 2.80. The molecule has 0 fully saturated rings. The lowest BCUT2D eigenvalue weighted by Crippen LogP contribution is -2.16. The lowest BCUT2D eigenvalue weighted by atomic mass is 10.1. The molecular weight excluding hydrogens is 178 g/mol. The molecule has 0 radical (unpaired) electrons. The molecular formula is C11H17NO2. The molecule has 2 N–H and O–H groups in total. The molecule has 3 heteroatoms. The van der Waals surface area contributed by atoms with E-state index in [2.05, 4.69) is 4.74 Å². The maximum atomic E-state index is 10.9. The van der Waals surface area contributed by atoms with Gasteiger partial charge < -0.3 is 10.5 Å². The Morgan fingerprint density at radius 3 is 2.50 bits per heavy atom. The standard InChI is InChI=1S/C10H13NO2.CH4/c1-13-10(12)7-9(11)8-5-3-2-4-6-8;/h2-6,9H,7,11H2,1H3;1H4. The maximum absolute atomic E-state index is 10.9. The number of carbonyl (C=O) groups is 1. The van der Waals surface area contributed by atoms with E-state index in [1.165, 1.54) is 7.11 Å². The molecule has 0 heterocycles. The maximum Gasteiger partial charge on any atom is 0.307 e. The molecule has 1 atom stereocenters. The summed E-state index contributed by atoms with van der Waals surface area (Å²) in [4.78, 5) is 10.9. The number of carbonyl (C=O) groups excluding carboxylic acids is 1. The molecule has 0 aliphatic rings. The molecule has 1 rings (SSSR count). The first-order chi connectivity index (χ1) is 6.24. The lowest BCUT2D eigenvalue weighted by molar-refractivity contribution is -0.141. The highest BCUT2D eigenvalue weighted by Gasteiger charge is 2.10. The Kier molecular flexibility index (Phi) is 5.56. The molecule has 0 amide bonds. The molecule has 78 valence electrons. The van der Waals surface area contributed by atoms with Crippen molar-refractivity contribution >= 4 is 5.97 Å². The minimum atomic E-state index is -0.281. The van der Waals surface area contributed by atoms with Crippen molar-refractivity contribution in [3.05, 3.63) is 35.9 Å². The van der Waals surface area contributed by atoms with E-state index in [0.29, 0.717) is 0 Å². The zero-order valence-corrected chi connectivity index (χ0v) is 7.57. The predicted octanol–water partition coefficient (Wildman–Crippen LogP) is 1.89. The van der Waals surface area contributed by atoms with Gasteiger partial charge in [-0.15, -0.1) is 0 Å². The van der Waals surface area contributed by atoms with Crippen LogP contribution in [0, 0.1) is 0 Å². The van der Waals surface area contributed by atoms with Crippen LogP contribution in [0.2, 0.25) is 0 Å². The van der Waals surface area contributed by atoms with Crippen LogP contribution in [0.1, 0.15) is 25.5 Å². The van der Waals surface area contributed by atoms with Crippen molar-refractivity contribution in [3.8, 4) is 0 Å². The second-order valence-electron chi connectivity index (χ2n) is 2.80. The van der Waals surface area contributed by atoms with Crippen molar-refractivity contribution in [2.75, 3.05) is 7.11 Å². The molecule has 0 saturated carbocycles. The third-order valence-corrected chi connectivity index (χ3v) is 1.84. The zero-order chi connectivity index (χ0) is 9.68. The Balaban J connectivity index is 0.00000169. The molecule has 1 aromatic rings. The van der Waals surface area contributed by atoms with Crippen LogP contribution >= 0.6 is 0 Å². The van der Waals surface area contributed by atoms with E-state index >= 15 is 0 Å². The molecule has 0 aromatic heterocycles. The van der Waals surface area contributed by atoms with Gasteiger partial charge in [0.1, 0.15) is 0 Å². The highest BCUT2D eigenvalue weighted by molar-refractivity contribution is 5.70. The lowest BCUT2D eigenvalue weighted by Gasteiger charge is -2.09. The summed E-state index contributed by atoms with van der Waals surface area (Å²) in [5.41, 5.74) is 6.72. The van der Waals surface area contributed by atoms with E-state index < -0.39 is 0 Å². The van der Waals surface area contributed by atoms with Crippen LogP contribution in [0.15, 0.2) is 30.3 Å². The Bertz CT molecular complexity index is 272. The van der Waals surface area contributed by atoms with Crippen molar-refractivity contribution in [1.29, 1.82) is 0 Å². The van der Waals surface area contributed by atoms with E-state index in [1.54, 1.807) is 0 Å². The van der Waals surface area contributed by atoms with Gasteiger partial charge in [0.15, 0.2) is 0 Å². The minimum absolute atomic E-state index is 0. The largest absolute Gasteiger partial charge is 0.469 e. The first kappa shape index (κ1) is 12.7. The molecule has 0 saturated heterocycles. The summed E-state index contributed by atoms with van der Waals surface area (Å²) in [6.45, 7) is 0. The summed E-state index contributed by atoms with van der Waals surface area (Å²) in [5, 5.41) is 0. The number of ether oxygens (including phenoxy) is 1. The fraction of sp³-hybridized carbons (Fsp3) is 0.364. The predicted molar refractivity (Wildman–Crippen MR) is 56.7 cm³/mol. The van der Waals surface area contributed by atoms with Crippen LogP contribution in [0.25, 0.3) is 0 Å². The van der Waals surface area contributed by atoms with Crippen LogP contribution in [0.5, 0.6) is 0 Å². The van der Waals surface area contributed by atoms with Gasteiger partial charge in [0.2, 0.25) is 0 Å². The quantitative estimate of drug-likeness (QED) is 0.749. The second kappa shape index (κ2) is 6.16. The first-order valence-corrected chi connectivity index (χ1v) is 4.11. The summed E-state index contributed by atoms with van der Waals surface area (Å²) in [6.07, 6.45) is 0.223.